The van der Waals surface area contributed by atoms with Crippen LogP contribution >= 0.6 is 0 Å². The Morgan fingerprint density at radius 1 is 0.920 bits per heavy atom. The van der Waals surface area contributed by atoms with Crippen LogP contribution in [0.25, 0.3) is 0 Å². The molecule has 3 heteroatoms. The van der Waals surface area contributed by atoms with Gasteiger partial charge < -0.3 is 5.32 Å². The number of benzene rings is 2. The maximum absolute atomic E-state index is 12.6. The average Bonchev–Trinajstić information content (AvgIpc) is 2.66. The second-order valence-electron chi connectivity index (χ2n) is 6.09. The summed E-state index contributed by atoms with van der Waals surface area (Å²) < 4.78 is 0. The maximum atomic E-state index is 12.6. The first-order chi connectivity index (χ1) is 12.3. The SMILES string of the molecule is CC[C@H](C(=O)Nc1ccc(Cc2ccncc2)cc1)c1ccccc1. The minimum atomic E-state index is -0.127. The van der Waals surface area contributed by atoms with E-state index in [0.717, 1.165) is 24.1 Å². The third-order valence-corrected chi connectivity index (χ3v) is 4.31. The largest absolute Gasteiger partial charge is 0.326 e. The topological polar surface area (TPSA) is 42.0 Å². The highest BCUT2D eigenvalue weighted by Crippen LogP contribution is 2.22. The highest BCUT2D eigenvalue weighted by molar-refractivity contribution is 5.95. The first-order valence-electron chi connectivity index (χ1n) is 8.60. The van der Waals surface area contributed by atoms with Crippen LogP contribution in [0, 0.1) is 0 Å². The summed E-state index contributed by atoms with van der Waals surface area (Å²) in [5, 5.41) is 3.03. The number of pyridine rings is 1. The van der Waals surface area contributed by atoms with Crippen LogP contribution in [0.5, 0.6) is 0 Å². The Morgan fingerprint density at radius 3 is 2.20 bits per heavy atom. The second-order valence-corrected chi connectivity index (χ2v) is 6.09. The van der Waals surface area contributed by atoms with Gasteiger partial charge in [0.05, 0.1) is 5.92 Å². The number of carbonyl (C=O) groups is 1. The fourth-order valence-electron chi connectivity index (χ4n) is 2.93. The molecule has 0 radical (unpaired) electrons. The number of anilines is 1. The molecular formula is C22H22N2O. The van der Waals surface area contributed by atoms with Crippen LogP contribution in [-0.2, 0) is 11.2 Å². The van der Waals surface area contributed by atoms with E-state index in [9.17, 15) is 4.79 Å². The van der Waals surface area contributed by atoms with Gasteiger partial charge in [0, 0.05) is 18.1 Å². The lowest BCUT2D eigenvalue weighted by Gasteiger charge is -2.15. The van der Waals surface area contributed by atoms with E-state index >= 15 is 0 Å². The van der Waals surface area contributed by atoms with E-state index in [1.165, 1.54) is 11.1 Å². The van der Waals surface area contributed by atoms with Crippen molar-refractivity contribution in [2.75, 3.05) is 5.32 Å². The van der Waals surface area contributed by atoms with Gasteiger partial charge in [-0.3, -0.25) is 9.78 Å². The fraction of sp³-hybridized carbons (Fsp3) is 0.182. The number of nitrogens with one attached hydrogen (secondary N) is 1. The summed E-state index contributed by atoms with van der Waals surface area (Å²) in [6.45, 7) is 2.04. The van der Waals surface area contributed by atoms with Crippen LogP contribution in [0.1, 0.15) is 36.0 Å². The zero-order chi connectivity index (χ0) is 17.5. The predicted octanol–water partition coefficient (Wildman–Crippen LogP) is 4.80. The van der Waals surface area contributed by atoms with Gasteiger partial charge in [0.15, 0.2) is 0 Å². The number of amides is 1. The van der Waals surface area contributed by atoms with Gasteiger partial charge in [-0.25, -0.2) is 0 Å². The van der Waals surface area contributed by atoms with Gasteiger partial charge in [0.25, 0.3) is 0 Å². The van der Waals surface area contributed by atoms with Crippen LogP contribution in [0.15, 0.2) is 79.1 Å². The van der Waals surface area contributed by atoms with Crippen LogP contribution in [0.3, 0.4) is 0 Å². The lowest BCUT2D eigenvalue weighted by atomic mass is 9.95. The quantitative estimate of drug-likeness (QED) is 0.705. The van der Waals surface area contributed by atoms with E-state index in [1.807, 2.05) is 61.5 Å². The molecule has 25 heavy (non-hydrogen) atoms. The number of hydrogen-bond acceptors (Lipinski definition) is 2. The molecule has 0 aliphatic heterocycles. The van der Waals surface area contributed by atoms with Crippen molar-refractivity contribution < 1.29 is 4.79 Å². The molecule has 126 valence electrons. The molecule has 3 nitrogen and oxygen atoms in total. The van der Waals surface area contributed by atoms with E-state index in [1.54, 1.807) is 12.4 Å². The van der Waals surface area contributed by atoms with Gasteiger partial charge >= 0.3 is 0 Å². The van der Waals surface area contributed by atoms with Crippen LogP contribution < -0.4 is 5.32 Å². The van der Waals surface area contributed by atoms with Crippen molar-refractivity contribution in [3.63, 3.8) is 0 Å². The Kier molecular flexibility index (Phi) is 5.57. The number of carbonyl (C=O) groups excluding carboxylic acids is 1. The first-order valence-corrected chi connectivity index (χ1v) is 8.60. The van der Waals surface area contributed by atoms with E-state index in [-0.39, 0.29) is 11.8 Å². The molecule has 3 rings (SSSR count). The van der Waals surface area contributed by atoms with E-state index < -0.39 is 0 Å². The van der Waals surface area contributed by atoms with Crippen LogP contribution in [0.2, 0.25) is 0 Å². The van der Waals surface area contributed by atoms with Crippen molar-refractivity contribution in [2.45, 2.75) is 25.7 Å². The van der Waals surface area contributed by atoms with Crippen molar-refractivity contribution >= 4 is 11.6 Å². The molecule has 0 bridgehead atoms. The summed E-state index contributed by atoms with van der Waals surface area (Å²) in [6, 6.07) is 22.0. The molecule has 0 saturated carbocycles. The van der Waals surface area contributed by atoms with Crippen molar-refractivity contribution in [1.82, 2.24) is 4.98 Å². The second kappa shape index (κ2) is 8.25. The van der Waals surface area contributed by atoms with Crippen molar-refractivity contribution in [3.05, 3.63) is 95.8 Å². The third-order valence-electron chi connectivity index (χ3n) is 4.31. The Labute approximate surface area is 148 Å². The fourth-order valence-corrected chi connectivity index (χ4v) is 2.93. The van der Waals surface area contributed by atoms with Crippen molar-refractivity contribution in [1.29, 1.82) is 0 Å². The molecule has 0 aliphatic rings. The van der Waals surface area contributed by atoms with E-state index in [0.29, 0.717) is 0 Å². The summed E-state index contributed by atoms with van der Waals surface area (Å²) in [5.74, 6) is -0.0896. The zero-order valence-electron chi connectivity index (χ0n) is 14.4. The number of nitrogens with zero attached hydrogens (tertiary/aromatic N) is 1. The molecule has 1 aromatic heterocycles. The van der Waals surface area contributed by atoms with Gasteiger partial charge in [-0.1, -0.05) is 49.4 Å². The number of aromatic nitrogens is 1. The molecule has 1 atom stereocenters. The maximum Gasteiger partial charge on any atom is 0.231 e. The number of hydrogen-bond donors (Lipinski definition) is 1. The van der Waals surface area contributed by atoms with Gasteiger partial charge in [-0.15, -0.1) is 0 Å². The van der Waals surface area contributed by atoms with E-state index in [4.69, 9.17) is 0 Å². The molecule has 2 aromatic carbocycles. The van der Waals surface area contributed by atoms with Gasteiger partial charge in [0.2, 0.25) is 5.91 Å². The summed E-state index contributed by atoms with van der Waals surface area (Å²) in [4.78, 5) is 16.6. The lowest BCUT2D eigenvalue weighted by Crippen LogP contribution is -2.20. The molecule has 3 aromatic rings. The highest BCUT2D eigenvalue weighted by Gasteiger charge is 2.18. The van der Waals surface area contributed by atoms with Gasteiger partial charge in [-0.05, 0) is 53.8 Å². The zero-order valence-corrected chi connectivity index (χ0v) is 14.4. The van der Waals surface area contributed by atoms with E-state index in [2.05, 4.69) is 22.4 Å². The van der Waals surface area contributed by atoms with Crippen LogP contribution in [0.4, 0.5) is 5.69 Å². The summed E-state index contributed by atoms with van der Waals surface area (Å²) in [7, 11) is 0. The lowest BCUT2D eigenvalue weighted by molar-refractivity contribution is -0.117. The Morgan fingerprint density at radius 2 is 1.56 bits per heavy atom. The first kappa shape index (κ1) is 16.9. The standard InChI is InChI=1S/C22H22N2O/c1-2-21(19-6-4-3-5-7-19)22(25)24-20-10-8-17(9-11-20)16-18-12-14-23-15-13-18/h3-15,21H,2,16H2,1H3,(H,24,25)/t21-/m0/s1. The molecule has 1 N–H and O–H groups in total. The molecule has 0 saturated heterocycles. The molecule has 1 heterocycles. The Bertz CT molecular complexity index is 798. The van der Waals surface area contributed by atoms with Gasteiger partial charge in [0.1, 0.15) is 0 Å². The Hall–Kier alpha value is -2.94. The molecule has 0 aliphatic carbocycles. The molecule has 0 fully saturated rings. The summed E-state index contributed by atoms with van der Waals surface area (Å²) in [6.07, 6.45) is 5.24. The van der Waals surface area contributed by atoms with Crippen LogP contribution in [-0.4, -0.2) is 10.9 Å². The predicted molar refractivity (Wildman–Crippen MR) is 102 cm³/mol. The third kappa shape index (κ3) is 4.54. The van der Waals surface area contributed by atoms with Crippen molar-refractivity contribution in [2.24, 2.45) is 0 Å². The summed E-state index contributed by atoms with van der Waals surface area (Å²) in [5.41, 5.74) is 4.32. The van der Waals surface area contributed by atoms with Gasteiger partial charge in [-0.2, -0.15) is 0 Å². The monoisotopic (exact) mass is 330 g/mol. The average molecular weight is 330 g/mol. The smallest absolute Gasteiger partial charge is 0.231 e. The minimum Gasteiger partial charge on any atom is -0.326 e. The highest BCUT2D eigenvalue weighted by atomic mass is 16.1. The number of rotatable bonds is 6. The molecule has 0 unspecified atom stereocenters. The molecule has 0 spiro atoms. The molecular weight excluding hydrogens is 308 g/mol. The minimum absolute atomic E-state index is 0.0376. The summed E-state index contributed by atoms with van der Waals surface area (Å²) >= 11 is 0. The van der Waals surface area contributed by atoms with Crippen molar-refractivity contribution in [3.8, 4) is 0 Å². The Balaban J connectivity index is 1.65. The normalized spacial score (nSPS) is 11.7. The molecule has 1 amide bonds.